The fourth-order valence-electron chi connectivity index (χ4n) is 3.31. The van der Waals surface area contributed by atoms with Gasteiger partial charge in [-0.15, -0.1) is 0 Å². The number of fused-ring (bicyclic) bond motifs is 1. The summed E-state index contributed by atoms with van der Waals surface area (Å²) in [6, 6.07) is 11.6. The van der Waals surface area contributed by atoms with Crippen molar-refractivity contribution in [2.75, 3.05) is 30.7 Å². The summed E-state index contributed by atoms with van der Waals surface area (Å²) in [5.41, 5.74) is 1.49. The average Bonchev–Trinajstić information content (AvgIpc) is 3.37. The number of hydrogen-bond acceptors (Lipinski definition) is 8. The molecule has 2 aromatic rings. The molecule has 0 radical (unpaired) electrons. The van der Waals surface area contributed by atoms with Gasteiger partial charge in [-0.05, 0) is 43.3 Å². The number of hydrogen-bond donors (Lipinski definition) is 1. The summed E-state index contributed by atoms with van der Waals surface area (Å²) in [4.78, 5) is 42.8. The van der Waals surface area contributed by atoms with Crippen LogP contribution in [0.3, 0.4) is 0 Å². The van der Waals surface area contributed by atoms with Crippen LogP contribution in [0, 0.1) is 0 Å². The lowest BCUT2D eigenvalue weighted by Crippen LogP contribution is -2.31. The van der Waals surface area contributed by atoms with E-state index >= 15 is 0 Å². The number of ether oxygens (including phenoxy) is 3. The third-order valence-electron chi connectivity index (χ3n) is 4.83. The van der Waals surface area contributed by atoms with Crippen molar-refractivity contribution in [3.63, 3.8) is 0 Å². The number of rotatable bonds is 5. The molecule has 0 aliphatic carbocycles. The van der Waals surface area contributed by atoms with Crippen LogP contribution in [0.4, 0.5) is 11.4 Å². The van der Waals surface area contributed by atoms with Crippen LogP contribution in [-0.4, -0.2) is 48.6 Å². The number of nitrogens with one attached hydrogen (secondary N) is 1. The van der Waals surface area contributed by atoms with Gasteiger partial charge in [0.25, 0.3) is 0 Å². The Morgan fingerprint density at radius 1 is 1.19 bits per heavy atom. The van der Waals surface area contributed by atoms with Gasteiger partial charge < -0.3 is 19.5 Å². The molecule has 1 atom stereocenters. The minimum Gasteiger partial charge on any atom is -0.465 e. The van der Waals surface area contributed by atoms with E-state index in [1.807, 2.05) is 13.0 Å². The van der Waals surface area contributed by atoms with Crippen LogP contribution in [0.1, 0.15) is 23.7 Å². The Balaban J connectivity index is 1.47. The predicted octanol–water partition coefficient (Wildman–Crippen LogP) is 3.06. The van der Waals surface area contributed by atoms with Gasteiger partial charge in [-0.25, -0.2) is 9.69 Å². The Kier molecular flexibility index (Phi) is 6.31. The normalized spacial score (nSPS) is 17.6. The number of carbonyl (C=O) groups excluding carboxylic acids is 3. The minimum atomic E-state index is -0.616. The molecule has 166 valence electrons. The first-order valence-corrected chi connectivity index (χ1v) is 10.8. The summed E-state index contributed by atoms with van der Waals surface area (Å²) in [7, 11) is 1.29. The minimum absolute atomic E-state index is 0.0494. The van der Waals surface area contributed by atoms with Gasteiger partial charge in [0.05, 0.1) is 18.4 Å². The van der Waals surface area contributed by atoms with E-state index in [1.165, 1.54) is 31.0 Å². The van der Waals surface area contributed by atoms with Gasteiger partial charge in [-0.3, -0.25) is 14.6 Å². The largest absolute Gasteiger partial charge is 0.465 e. The fraction of sp³-hybridized carbons (Fsp3) is 0.273. The number of methoxy groups -OCH3 is 1. The standard InChI is InChI=1S/C22H21N3O6S/c1-3-23-22(24-14-6-9-16-17(10-14)31-12-30-16)32-18-11-19(26)25(20(18)27)15-7-4-13(5-8-15)21(28)29-2/h4-10,18H,3,11-12H2,1-2H3,(H,23,24)/t18-/m1/s1. The molecule has 1 N–H and O–H groups in total. The van der Waals surface area contributed by atoms with Gasteiger partial charge in [0.15, 0.2) is 16.7 Å². The van der Waals surface area contributed by atoms with E-state index in [9.17, 15) is 14.4 Å². The lowest BCUT2D eigenvalue weighted by Gasteiger charge is -2.16. The molecule has 0 saturated carbocycles. The third kappa shape index (κ3) is 4.40. The highest BCUT2D eigenvalue weighted by atomic mass is 32.2. The van der Waals surface area contributed by atoms with Crippen molar-refractivity contribution in [2.24, 2.45) is 4.99 Å². The van der Waals surface area contributed by atoms with E-state index in [2.05, 4.69) is 15.0 Å². The molecule has 10 heteroatoms. The van der Waals surface area contributed by atoms with Crippen LogP contribution in [0.15, 0.2) is 47.5 Å². The highest BCUT2D eigenvalue weighted by Gasteiger charge is 2.41. The molecule has 2 aliphatic heterocycles. The van der Waals surface area contributed by atoms with Gasteiger partial charge in [-0.1, -0.05) is 11.8 Å². The van der Waals surface area contributed by atoms with E-state index in [1.54, 1.807) is 24.3 Å². The summed E-state index contributed by atoms with van der Waals surface area (Å²) in [5.74, 6) is 0.172. The number of amides is 2. The number of nitrogens with zero attached hydrogens (tertiary/aromatic N) is 2. The molecule has 0 unspecified atom stereocenters. The first-order chi connectivity index (χ1) is 15.5. The van der Waals surface area contributed by atoms with E-state index < -0.39 is 11.2 Å². The molecule has 2 aromatic carbocycles. The Morgan fingerprint density at radius 2 is 1.94 bits per heavy atom. The molecular weight excluding hydrogens is 434 g/mol. The molecule has 0 spiro atoms. The average molecular weight is 455 g/mol. The van der Waals surface area contributed by atoms with Crippen molar-refractivity contribution in [1.82, 2.24) is 0 Å². The topological polar surface area (TPSA) is 107 Å². The highest BCUT2D eigenvalue weighted by Crippen LogP contribution is 2.35. The summed E-state index contributed by atoms with van der Waals surface area (Å²) < 4.78 is 15.4. The van der Waals surface area contributed by atoms with Crippen LogP contribution < -0.4 is 19.7 Å². The number of anilines is 2. The molecule has 0 bridgehead atoms. The molecule has 1 saturated heterocycles. The second-order valence-corrected chi connectivity index (χ2v) is 8.08. The zero-order valence-corrected chi connectivity index (χ0v) is 18.3. The van der Waals surface area contributed by atoms with Crippen molar-refractivity contribution >= 4 is 46.1 Å². The maximum absolute atomic E-state index is 13.0. The molecule has 1 fully saturated rings. The Bertz CT molecular complexity index is 1090. The van der Waals surface area contributed by atoms with Crippen LogP contribution >= 0.6 is 11.8 Å². The smallest absolute Gasteiger partial charge is 0.337 e. The summed E-state index contributed by atoms with van der Waals surface area (Å²) >= 11 is 1.21. The van der Waals surface area contributed by atoms with E-state index in [0.29, 0.717) is 34.5 Å². The molecule has 0 aromatic heterocycles. The highest BCUT2D eigenvalue weighted by molar-refractivity contribution is 8.15. The first-order valence-electron chi connectivity index (χ1n) is 9.93. The number of benzene rings is 2. The second kappa shape index (κ2) is 9.31. The van der Waals surface area contributed by atoms with E-state index in [0.717, 1.165) is 10.6 Å². The number of amidine groups is 1. The van der Waals surface area contributed by atoms with Crippen LogP contribution in [0.25, 0.3) is 0 Å². The van der Waals surface area contributed by atoms with Gasteiger partial charge in [0.1, 0.15) is 5.25 Å². The number of carbonyl (C=O) groups is 3. The SMILES string of the molecule is CCN=C(Nc1ccc2c(c1)OCO2)S[C@@H]1CC(=O)N(c2ccc(C(=O)OC)cc2)C1=O. The lowest BCUT2D eigenvalue weighted by atomic mass is 10.2. The van der Waals surface area contributed by atoms with Crippen LogP contribution in [-0.2, 0) is 14.3 Å². The van der Waals surface area contributed by atoms with Crippen LogP contribution in [0.2, 0.25) is 0 Å². The number of imide groups is 1. The molecule has 4 rings (SSSR count). The zero-order chi connectivity index (χ0) is 22.7. The summed E-state index contributed by atoms with van der Waals surface area (Å²) in [6.07, 6.45) is 0.0494. The number of esters is 1. The third-order valence-corrected chi connectivity index (χ3v) is 5.94. The quantitative estimate of drug-likeness (QED) is 0.317. The molecule has 32 heavy (non-hydrogen) atoms. The molecule has 9 nitrogen and oxygen atoms in total. The molecule has 2 heterocycles. The first kappa shape index (κ1) is 21.7. The van der Waals surface area contributed by atoms with E-state index in [-0.39, 0.29) is 25.0 Å². The molecular formula is C22H21N3O6S. The Hall–Kier alpha value is -3.53. The fourth-order valence-corrected chi connectivity index (χ4v) is 4.40. The molecule has 2 amide bonds. The van der Waals surface area contributed by atoms with Crippen molar-refractivity contribution in [1.29, 1.82) is 0 Å². The lowest BCUT2D eigenvalue weighted by molar-refractivity contribution is -0.121. The monoisotopic (exact) mass is 455 g/mol. The summed E-state index contributed by atoms with van der Waals surface area (Å²) in [6.45, 7) is 2.57. The van der Waals surface area contributed by atoms with Gasteiger partial charge in [0, 0.05) is 24.7 Å². The van der Waals surface area contributed by atoms with Gasteiger partial charge >= 0.3 is 5.97 Å². The van der Waals surface area contributed by atoms with Crippen LogP contribution in [0.5, 0.6) is 11.5 Å². The Labute approximate surface area is 188 Å². The Morgan fingerprint density at radius 3 is 2.66 bits per heavy atom. The van der Waals surface area contributed by atoms with Gasteiger partial charge in [0.2, 0.25) is 18.6 Å². The maximum Gasteiger partial charge on any atom is 0.337 e. The van der Waals surface area contributed by atoms with Gasteiger partial charge in [-0.2, -0.15) is 0 Å². The zero-order valence-electron chi connectivity index (χ0n) is 17.5. The van der Waals surface area contributed by atoms with Crippen molar-refractivity contribution in [3.8, 4) is 11.5 Å². The van der Waals surface area contributed by atoms with Crippen molar-refractivity contribution in [2.45, 2.75) is 18.6 Å². The maximum atomic E-state index is 13.0. The van der Waals surface area contributed by atoms with Crippen molar-refractivity contribution in [3.05, 3.63) is 48.0 Å². The van der Waals surface area contributed by atoms with E-state index in [4.69, 9.17) is 9.47 Å². The second-order valence-electron chi connectivity index (χ2n) is 6.89. The number of aliphatic imine (C=N–C) groups is 1. The predicted molar refractivity (Wildman–Crippen MR) is 120 cm³/mol. The molecule has 2 aliphatic rings. The number of thioether (sulfide) groups is 1. The van der Waals surface area contributed by atoms with Crippen molar-refractivity contribution < 1.29 is 28.6 Å². The summed E-state index contributed by atoms with van der Waals surface area (Å²) in [5, 5.41) is 3.11.